The number of hydrazine groups is 1. The average molecular weight is 240 g/mol. The molecular formula is C7H8N6O2S. The molecule has 0 aliphatic rings. The molecular weight excluding hydrogens is 232 g/mol. The fourth-order valence-corrected chi connectivity index (χ4v) is 1.73. The van der Waals surface area contributed by atoms with Gasteiger partial charge in [0.05, 0.1) is 6.54 Å². The smallest absolute Gasteiger partial charge is 0.265 e. The minimum Gasteiger partial charge on any atom is -0.298 e. The van der Waals surface area contributed by atoms with Gasteiger partial charge in [-0.25, -0.2) is 10.5 Å². The maximum Gasteiger partial charge on any atom is 0.265 e. The van der Waals surface area contributed by atoms with Crippen LogP contribution in [-0.2, 0) is 6.54 Å². The van der Waals surface area contributed by atoms with Crippen molar-refractivity contribution in [2.24, 2.45) is 5.84 Å². The van der Waals surface area contributed by atoms with Crippen LogP contribution in [0.5, 0.6) is 0 Å². The van der Waals surface area contributed by atoms with Gasteiger partial charge < -0.3 is 0 Å². The topological polar surface area (TPSA) is 119 Å². The molecule has 8 nitrogen and oxygen atoms in total. The van der Waals surface area contributed by atoms with Crippen molar-refractivity contribution < 1.29 is 0 Å². The molecule has 0 radical (unpaired) electrons. The van der Waals surface area contributed by atoms with Crippen molar-refractivity contribution in [1.82, 2.24) is 20.0 Å². The normalized spacial score (nSPS) is 10.3. The zero-order valence-corrected chi connectivity index (χ0v) is 8.82. The predicted molar refractivity (Wildman–Crippen MR) is 58.1 cm³/mol. The molecule has 4 N–H and O–H groups in total. The molecule has 0 aliphatic carbocycles. The van der Waals surface area contributed by atoms with Crippen LogP contribution in [-0.4, -0.2) is 20.0 Å². The van der Waals surface area contributed by atoms with E-state index >= 15 is 0 Å². The fraction of sp³-hybridized carbons (Fsp3) is 0.143. The summed E-state index contributed by atoms with van der Waals surface area (Å²) in [6.45, 7) is 0.161. The summed E-state index contributed by atoms with van der Waals surface area (Å²) in [7, 11) is 0. The van der Waals surface area contributed by atoms with E-state index in [9.17, 15) is 9.59 Å². The highest BCUT2D eigenvalue weighted by atomic mass is 32.1. The van der Waals surface area contributed by atoms with Gasteiger partial charge in [0.1, 0.15) is 5.01 Å². The molecule has 16 heavy (non-hydrogen) atoms. The van der Waals surface area contributed by atoms with Gasteiger partial charge in [0.15, 0.2) is 0 Å². The minimum absolute atomic E-state index is 0.161. The van der Waals surface area contributed by atoms with Crippen LogP contribution in [0.2, 0.25) is 0 Å². The van der Waals surface area contributed by atoms with E-state index in [0.29, 0.717) is 10.1 Å². The number of hydrogen-bond acceptors (Lipinski definition) is 7. The van der Waals surface area contributed by atoms with Crippen LogP contribution < -0.4 is 22.4 Å². The molecule has 2 aromatic heterocycles. The molecule has 2 rings (SSSR count). The van der Waals surface area contributed by atoms with E-state index in [-0.39, 0.29) is 17.7 Å². The second-order valence-electron chi connectivity index (χ2n) is 2.88. The van der Waals surface area contributed by atoms with Gasteiger partial charge in [0, 0.05) is 12.1 Å². The molecule has 0 fully saturated rings. The summed E-state index contributed by atoms with van der Waals surface area (Å²) in [5.41, 5.74) is 1.69. The molecule has 9 heteroatoms. The molecule has 0 amide bonds. The van der Waals surface area contributed by atoms with Gasteiger partial charge >= 0.3 is 0 Å². The van der Waals surface area contributed by atoms with Crippen LogP contribution in [0.25, 0.3) is 0 Å². The quantitative estimate of drug-likeness (QED) is 0.454. The summed E-state index contributed by atoms with van der Waals surface area (Å²) in [4.78, 5) is 22.4. The van der Waals surface area contributed by atoms with E-state index in [2.05, 4.69) is 20.7 Å². The number of nitrogens with two attached hydrogens (primary N) is 1. The van der Waals surface area contributed by atoms with E-state index in [1.54, 1.807) is 0 Å². The predicted octanol–water partition coefficient (Wildman–Crippen LogP) is -1.28. The highest BCUT2D eigenvalue weighted by Gasteiger charge is 2.05. The Bertz CT molecular complexity index is 599. The van der Waals surface area contributed by atoms with Crippen molar-refractivity contribution in [2.75, 3.05) is 5.43 Å². The number of nitrogen functional groups attached to an aromatic ring is 1. The number of rotatable bonds is 3. The monoisotopic (exact) mass is 240 g/mol. The molecule has 0 unspecified atom stereocenters. The van der Waals surface area contributed by atoms with Gasteiger partial charge in [-0.2, -0.15) is 0 Å². The zero-order valence-electron chi connectivity index (χ0n) is 8.01. The number of anilines is 1. The lowest BCUT2D eigenvalue weighted by Gasteiger charge is -1.99. The van der Waals surface area contributed by atoms with E-state index in [0.717, 1.165) is 4.68 Å². The maximum atomic E-state index is 11.4. The second kappa shape index (κ2) is 4.24. The van der Waals surface area contributed by atoms with Gasteiger partial charge in [-0.1, -0.05) is 11.3 Å². The first kappa shape index (κ1) is 10.5. The first-order valence-corrected chi connectivity index (χ1v) is 5.10. The SMILES string of the molecule is NNc1nnc(Cn2[nH]c(=O)ccc2=O)s1. The lowest BCUT2D eigenvalue weighted by Crippen LogP contribution is -2.28. The summed E-state index contributed by atoms with van der Waals surface area (Å²) in [5.74, 6) is 5.14. The number of aromatic amines is 1. The molecule has 0 bridgehead atoms. The Labute approximate surface area is 92.7 Å². The number of nitrogens with one attached hydrogen (secondary N) is 2. The first-order chi connectivity index (χ1) is 7.69. The van der Waals surface area contributed by atoms with Gasteiger partial charge in [0.25, 0.3) is 11.1 Å². The van der Waals surface area contributed by atoms with Crippen LogP contribution in [0.1, 0.15) is 5.01 Å². The molecule has 0 aromatic carbocycles. The zero-order chi connectivity index (χ0) is 11.5. The van der Waals surface area contributed by atoms with E-state index in [1.807, 2.05) is 0 Å². The van der Waals surface area contributed by atoms with Crippen LogP contribution in [0.15, 0.2) is 21.7 Å². The highest BCUT2D eigenvalue weighted by molar-refractivity contribution is 7.15. The van der Waals surface area contributed by atoms with Crippen LogP contribution >= 0.6 is 11.3 Å². The fourth-order valence-electron chi connectivity index (χ4n) is 1.09. The Morgan fingerprint density at radius 2 is 2.25 bits per heavy atom. The summed E-state index contributed by atoms with van der Waals surface area (Å²) in [6, 6.07) is 2.37. The Morgan fingerprint density at radius 3 is 2.94 bits per heavy atom. The van der Waals surface area contributed by atoms with Crippen molar-refractivity contribution in [2.45, 2.75) is 6.54 Å². The van der Waals surface area contributed by atoms with Gasteiger partial charge in [-0.05, 0) is 0 Å². The summed E-state index contributed by atoms with van der Waals surface area (Å²) < 4.78 is 1.16. The second-order valence-corrected chi connectivity index (χ2v) is 3.94. The number of H-pyrrole nitrogens is 1. The maximum absolute atomic E-state index is 11.4. The lowest BCUT2D eigenvalue weighted by molar-refractivity contribution is 0.621. The molecule has 0 spiro atoms. The summed E-state index contributed by atoms with van der Waals surface area (Å²) in [5, 5.41) is 10.9. The molecule has 0 atom stereocenters. The third kappa shape index (κ3) is 2.15. The average Bonchev–Trinajstić information content (AvgIpc) is 2.71. The van der Waals surface area contributed by atoms with Crippen molar-refractivity contribution >= 4 is 16.5 Å². The minimum atomic E-state index is -0.346. The largest absolute Gasteiger partial charge is 0.298 e. The van der Waals surface area contributed by atoms with Crippen molar-refractivity contribution in [1.29, 1.82) is 0 Å². The molecule has 2 heterocycles. The molecule has 2 aromatic rings. The molecule has 84 valence electrons. The van der Waals surface area contributed by atoms with Crippen LogP contribution in [0, 0.1) is 0 Å². The first-order valence-electron chi connectivity index (χ1n) is 4.28. The number of aromatic nitrogens is 4. The van der Waals surface area contributed by atoms with Gasteiger partial charge in [0.2, 0.25) is 5.13 Å². The molecule has 0 saturated carbocycles. The highest BCUT2D eigenvalue weighted by Crippen LogP contribution is 2.13. The van der Waals surface area contributed by atoms with E-state index < -0.39 is 0 Å². The van der Waals surface area contributed by atoms with Crippen LogP contribution in [0.4, 0.5) is 5.13 Å². The van der Waals surface area contributed by atoms with E-state index in [4.69, 9.17) is 5.84 Å². The molecule has 0 aliphatic heterocycles. The lowest BCUT2D eigenvalue weighted by atomic mass is 10.5. The van der Waals surface area contributed by atoms with Crippen molar-refractivity contribution in [3.05, 3.63) is 37.8 Å². The third-order valence-electron chi connectivity index (χ3n) is 1.77. The van der Waals surface area contributed by atoms with Gasteiger partial charge in [-0.3, -0.25) is 20.1 Å². The Morgan fingerprint density at radius 1 is 1.44 bits per heavy atom. The van der Waals surface area contributed by atoms with Crippen LogP contribution in [0.3, 0.4) is 0 Å². The molecule has 0 saturated heterocycles. The third-order valence-corrected chi connectivity index (χ3v) is 2.61. The van der Waals surface area contributed by atoms with Gasteiger partial charge in [-0.15, -0.1) is 10.2 Å². The van der Waals surface area contributed by atoms with Crippen molar-refractivity contribution in [3.63, 3.8) is 0 Å². The Hall–Kier alpha value is -2.00. The standard InChI is InChI=1S/C7H8N6O2S/c8-9-7-11-10-5(16-7)3-13-6(15)2-1-4(14)12-13/h1-2H,3,8H2,(H,9,11)(H,12,14). The Kier molecular flexibility index (Phi) is 2.79. The van der Waals surface area contributed by atoms with Crippen molar-refractivity contribution in [3.8, 4) is 0 Å². The van der Waals surface area contributed by atoms with E-state index in [1.165, 1.54) is 23.5 Å². The number of nitrogens with zero attached hydrogens (tertiary/aromatic N) is 3. The summed E-state index contributed by atoms with van der Waals surface area (Å²) >= 11 is 1.20. The Balaban J connectivity index is 2.29. The summed E-state index contributed by atoms with van der Waals surface area (Å²) in [6.07, 6.45) is 0. The number of hydrogen-bond donors (Lipinski definition) is 3.